The zero-order valence-corrected chi connectivity index (χ0v) is 11.5. The topological polar surface area (TPSA) is 96.2 Å². The van der Waals surface area contributed by atoms with E-state index in [0.717, 1.165) is 31.5 Å². The summed E-state index contributed by atoms with van der Waals surface area (Å²) >= 11 is 0. The Morgan fingerprint density at radius 2 is 2.30 bits per heavy atom. The second-order valence-corrected chi connectivity index (χ2v) is 5.19. The molecule has 2 unspecified atom stereocenters. The maximum Gasteiger partial charge on any atom is 0.289 e. The van der Waals surface area contributed by atoms with Crippen LogP contribution in [0.4, 0.5) is 11.4 Å². The van der Waals surface area contributed by atoms with Gasteiger partial charge >= 0.3 is 0 Å². The normalized spacial score (nSPS) is 20.2. The van der Waals surface area contributed by atoms with Gasteiger partial charge in [0.05, 0.1) is 4.92 Å². The number of nitriles is 1. The molecule has 1 aromatic rings. The van der Waals surface area contributed by atoms with Crippen molar-refractivity contribution in [1.82, 2.24) is 0 Å². The minimum absolute atomic E-state index is 0.00463. The molecule has 6 heteroatoms. The standard InChI is InChI=1S/C14H18N4O2/c1-10(16)13-4-2-3-7-17(13)12-6-5-11(9-15)14(8-12)18(19)20/h5-6,8,10,13H,2-4,7,16H2,1H3. The highest BCUT2D eigenvalue weighted by molar-refractivity contribution is 5.61. The molecule has 20 heavy (non-hydrogen) atoms. The van der Waals surface area contributed by atoms with Crippen molar-refractivity contribution in [3.8, 4) is 6.07 Å². The lowest BCUT2D eigenvalue weighted by Crippen LogP contribution is -2.49. The molecule has 0 bridgehead atoms. The van der Waals surface area contributed by atoms with Crippen molar-refractivity contribution in [2.45, 2.75) is 38.3 Å². The zero-order chi connectivity index (χ0) is 14.7. The van der Waals surface area contributed by atoms with E-state index in [4.69, 9.17) is 11.0 Å². The van der Waals surface area contributed by atoms with Gasteiger partial charge in [-0.1, -0.05) is 0 Å². The first-order valence-electron chi connectivity index (χ1n) is 6.75. The fourth-order valence-electron chi connectivity index (χ4n) is 2.77. The summed E-state index contributed by atoms with van der Waals surface area (Å²) in [5.74, 6) is 0. The van der Waals surface area contributed by atoms with Gasteiger partial charge in [0, 0.05) is 30.4 Å². The summed E-state index contributed by atoms with van der Waals surface area (Å²) in [5.41, 5.74) is 6.75. The highest BCUT2D eigenvalue weighted by Gasteiger charge is 2.27. The average Bonchev–Trinajstić information content (AvgIpc) is 2.46. The number of nitrogens with two attached hydrogens (primary N) is 1. The molecule has 1 aromatic carbocycles. The van der Waals surface area contributed by atoms with Gasteiger partial charge in [-0.15, -0.1) is 0 Å². The summed E-state index contributed by atoms with van der Waals surface area (Å²) in [6, 6.07) is 6.82. The summed E-state index contributed by atoms with van der Waals surface area (Å²) in [4.78, 5) is 12.7. The largest absolute Gasteiger partial charge is 0.367 e. The van der Waals surface area contributed by atoms with E-state index in [-0.39, 0.29) is 23.3 Å². The van der Waals surface area contributed by atoms with Crippen LogP contribution in [0.5, 0.6) is 0 Å². The summed E-state index contributed by atoms with van der Waals surface area (Å²) in [6.45, 7) is 2.80. The molecule has 0 radical (unpaired) electrons. The number of anilines is 1. The molecule has 1 saturated heterocycles. The van der Waals surface area contributed by atoms with E-state index in [1.54, 1.807) is 6.07 Å². The van der Waals surface area contributed by atoms with Gasteiger partial charge in [0.2, 0.25) is 0 Å². The van der Waals surface area contributed by atoms with E-state index in [1.807, 2.05) is 13.0 Å². The summed E-state index contributed by atoms with van der Waals surface area (Å²) < 4.78 is 0. The lowest BCUT2D eigenvalue weighted by molar-refractivity contribution is -0.385. The lowest BCUT2D eigenvalue weighted by Gasteiger charge is -2.39. The average molecular weight is 274 g/mol. The van der Waals surface area contributed by atoms with E-state index in [9.17, 15) is 10.1 Å². The molecular formula is C14H18N4O2. The highest BCUT2D eigenvalue weighted by Crippen LogP contribution is 2.30. The molecule has 106 valence electrons. The molecular weight excluding hydrogens is 256 g/mol. The number of benzene rings is 1. The zero-order valence-electron chi connectivity index (χ0n) is 11.5. The third-order valence-corrected chi connectivity index (χ3v) is 3.79. The molecule has 1 aliphatic heterocycles. The number of nitrogens with zero attached hydrogens (tertiary/aromatic N) is 3. The van der Waals surface area contributed by atoms with Crippen LogP contribution in [0.2, 0.25) is 0 Å². The van der Waals surface area contributed by atoms with Crippen molar-refractivity contribution < 1.29 is 4.92 Å². The number of nitro benzene ring substituents is 1. The summed E-state index contributed by atoms with van der Waals surface area (Å²) in [6.07, 6.45) is 3.17. The molecule has 6 nitrogen and oxygen atoms in total. The van der Waals surface area contributed by atoms with Crippen LogP contribution in [0, 0.1) is 21.4 Å². The van der Waals surface area contributed by atoms with Crippen LogP contribution in [-0.4, -0.2) is 23.6 Å². The van der Waals surface area contributed by atoms with E-state index in [0.29, 0.717) is 0 Å². The molecule has 2 rings (SSSR count). The van der Waals surface area contributed by atoms with Crippen molar-refractivity contribution in [2.24, 2.45) is 5.73 Å². The fourth-order valence-corrected chi connectivity index (χ4v) is 2.77. The van der Waals surface area contributed by atoms with Gasteiger partial charge in [-0.25, -0.2) is 0 Å². The van der Waals surface area contributed by atoms with Gasteiger partial charge in [-0.3, -0.25) is 10.1 Å². The Labute approximate surface area is 117 Å². The third kappa shape index (κ3) is 2.73. The van der Waals surface area contributed by atoms with Crippen molar-refractivity contribution in [1.29, 1.82) is 5.26 Å². The molecule has 0 amide bonds. The van der Waals surface area contributed by atoms with Crippen molar-refractivity contribution >= 4 is 11.4 Å². The molecule has 0 aliphatic carbocycles. The van der Waals surface area contributed by atoms with E-state index >= 15 is 0 Å². The number of piperidine rings is 1. The first-order chi connectivity index (χ1) is 9.54. The number of rotatable bonds is 3. The molecule has 1 aliphatic rings. The Morgan fingerprint density at radius 3 is 2.90 bits per heavy atom. The maximum atomic E-state index is 11.0. The van der Waals surface area contributed by atoms with Crippen molar-refractivity contribution in [2.75, 3.05) is 11.4 Å². The van der Waals surface area contributed by atoms with Crippen LogP contribution >= 0.6 is 0 Å². The molecule has 0 aromatic heterocycles. The van der Waals surface area contributed by atoms with Gasteiger partial charge in [0.25, 0.3) is 5.69 Å². The van der Waals surface area contributed by atoms with E-state index in [2.05, 4.69) is 4.90 Å². The Bertz CT molecular complexity index is 551. The molecule has 2 N–H and O–H groups in total. The SMILES string of the molecule is CC(N)C1CCCCN1c1ccc(C#N)c([N+](=O)[O-])c1. The predicted molar refractivity (Wildman–Crippen MR) is 76.4 cm³/mol. The highest BCUT2D eigenvalue weighted by atomic mass is 16.6. The monoisotopic (exact) mass is 274 g/mol. The van der Waals surface area contributed by atoms with Gasteiger partial charge in [-0.2, -0.15) is 5.26 Å². The van der Waals surface area contributed by atoms with Crippen LogP contribution < -0.4 is 10.6 Å². The minimum Gasteiger partial charge on any atom is -0.367 e. The smallest absolute Gasteiger partial charge is 0.289 e. The number of nitro groups is 1. The maximum absolute atomic E-state index is 11.0. The number of hydrogen-bond donors (Lipinski definition) is 1. The van der Waals surface area contributed by atoms with Gasteiger partial charge in [0.1, 0.15) is 11.6 Å². The van der Waals surface area contributed by atoms with Crippen LogP contribution in [-0.2, 0) is 0 Å². The van der Waals surface area contributed by atoms with Crippen LogP contribution in [0.25, 0.3) is 0 Å². The Kier molecular flexibility index (Phi) is 4.20. The quantitative estimate of drug-likeness (QED) is 0.673. The Balaban J connectivity index is 2.39. The Morgan fingerprint density at radius 1 is 1.55 bits per heavy atom. The third-order valence-electron chi connectivity index (χ3n) is 3.79. The molecule has 2 atom stereocenters. The second-order valence-electron chi connectivity index (χ2n) is 5.19. The summed E-state index contributed by atoms with van der Waals surface area (Å²) in [5, 5.41) is 20.0. The van der Waals surface area contributed by atoms with Crippen molar-refractivity contribution in [3.63, 3.8) is 0 Å². The summed E-state index contributed by atoms with van der Waals surface area (Å²) in [7, 11) is 0. The second kappa shape index (κ2) is 5.88. The Hall–Kier alpha value is -2.13. The number of hydrogen-bond acceptors (Lipinski definition) is 5. The minimum atomic E-state index is -0.507. The van der Waals surface area contributed by atoms with Crippen LogP contribution in [0.15, 0.2) is 18.2 Å². The first-order valence-corrected chi connectivity index (χ1v) is 6.75. The van der Waals surface area contributed by atoms with Gasteiger partial charge < -0.3 is 10.6 Å². The van der Waals surface area contributed by atoms with E-state index in [1.165, 1.54) is 12.1 Å². The van der Waals surface area contributed by atoms with E-state index < -0.39 is 4.92 Å². The van der Waals surface area contributed by atoms with Crippen LogP contribution in [0.3, 0.4) is 0 Å². The predicted octanol–water partition coefficient (Wildman–Crippen LogP) is 2.17. The lowest BCUT2D eigenvalue weighted by atomic mass is 9.96. The molecule has 1 heterocycles. The van der Waals surface area contributed by atoms with Crippen LogP contribution in [0.1, 0.15) is 31.7 Å². The van der Waals surface area contributed by atoms with Gasteiger partial charge in [-0.05, 0) is 38.3 Å². The fraction of sp³-hybridized carbons (Fsp3) is 0.500. The molecule has 0 spiro atoms. The molecule has 1 fully saturated rings. The first kappa shape index (κ1) is 14.3. The molecule has 0 saturated carbocycles. The van der Waals surface area contributed by atoms with Crippen molar-refractivity contribution in [3.05, 3.63) is 33.9 Å². The van der Waals surface area contributed by atoms with Gasteiger partial charge in [0.15, 0.2) is 0 Å².